The van der Waals surface area contributed by atoms with Gasteiger partial charge in [-0.25, -0.2) is 0 Å². The van der Waals surface area contributed by atoms with Crippen molar-refractivity contribution in [2.24, 2.45) is 0 Å². The Morgan fingerprint density at radius 2 is 1.85 bits per heavy atom. The molecule has 1 aromatic heterocycles. The quantitative estimate of drug-likeness (QED) is 0.534. The monoisotopic (exact) mass is 366 g/mol. The molecule has 0 unspecified atom stereocenters. The molecular formula is C19H18N4O2S. The Labute approximate surface area is 155 Å². The maximum atomic E-state index is 12.2. The molecule has 1 heterocycles. The molecule has 1 N–H and O–H groups in total. The van der Waals surface area contributed by atoms with Crippen LogP contribution in [0, 0.1) is 6.92 Å². The SMILES string of the molecule is CC(=O)c1ccc(NC(=O)CSc2nncn2-c2ccccc2C)cc1. The highest BCUT2D eigenvalue weighted by Crippen LogP contribution is 2.22. The van der Waals surface area contributed by atoms with E-state index < -0.39 is 0 Å². The van der Waals surface area contributed by atoms with Crippen LogP contribution >= 0.6 is 11.8 Å². The first kappa shape index (κ1) is 17.9. The second-order valence-electron chi connectivity index (χ2n) is 5.74. The van der Waals surface area contributed by atoms with Gasteiger partial charge in [-0.15, -0.1) is 10.2 Å². The molecule has 3 aromatic rings. The lowest BCUT2D eigenvalue weighted by molar-refractivity contribution is -0.113. The number of ketones is 1. The number of amides is 1. The van der Waals surface area contributed by atoms with Crippen LogP contribution in [0.5, 0.6) is 0 Å². The number of para-hydroxylation sites is 1. The van der Waals surface area contributed by atoms with Crippen LogP contribution in [-0.2, 0) is 4.79 Å². The van der Waals surface area contributed by atoms with Crippen LogP contribution < -0.4 is 5.32 Å². The number of hydrogen-bond donors (Lipinski definition) is 1. The number of rotatable bonds is 6. The van der Waals surface area contributed by atoms with Crippen molar-refractivity contribution in [3.05, 3.63) is 66.0 Å². The van der Waals surface area contributed by atoms with E-state index in [2.05, 4.69) is 15.5 Å². The van der Waals surface area contributed by atoms with Gasteiger partial charge in [0.05, 0.1) is 11.4 Å². The normalized spacial score (nSPS) is 10.5. The molecule has 0 aliphatic rings. The third-order valence-corrected chi connectivity index (χ3v) is 4.74. The predicted octanol–water partition coefficient (Wildman–Crippen LogP) is 3.51. The van der Waals surface area contributed by atoms with Gasteiger partial charge in [-0.05, 0) is 49.7 Å². The molecular weight excluding hydrogens is 348 g/mol. The van der Waals surface area contributed by atoms with Gasteiger partial charge in [0.15, 0.2) is 10.9 Å². The molecule has 26 heavy (non-hydrogen) atoms. The molecule has 3 rings (SSSR count). The van der Waals surface area contributed by atoms with Gasteiger partial charge in [-0.1, -0.05) is 30.0 Å². The van der Waals surface area contributed by atoms with E-state index in [1.165, 1.54) is 18.7 Å². The van der Waals surface area contributed by atoms with Crippen molar-refractivity contribution in [2.75, 3.05) is 11.1 Å². The standard InChI is InChI=1S/C19H18N4O2S/c1-13-5-3-4-6-17(13)23-12-20-22-19(23)26-11-18(25)21-16-9-7-15(8-10-16)14(2)24/h3-10,12H,11H2,1-2H3,(H,21,25). The third kappa shape index (κ3) is 4.18. The van der Waals surface area contributed by atoms with Crippen LogP contribution in [0.15, 0.2) is 60.0 Å². The topological polar surface area (TPSA) is 76.9 Å². The van der Waals surface area contributed by atoms with Gasteiger partial charge in [0, 0.05) is 11.3 Å². The van der Waals surface area contributed by atoms with E-state index in [0.29, 0.717) is 16.4 Å². The molecule has 7 heteroatoms. The van der Waals surface area contributed by atoms with Crippen molar-refractivity contribution < 1.29 is 9.59 Å². The molecule has 0 spiro atoms. The Bertz CT molecular complexity index is 935. The zero-order chi connectivity index (χ0) is 18.5. The largest absolute Gasteiger partial charge is 0.325 e. The van der Waals surface area contributed by atoms with Crippen LogP contribution in [0.2, 0.25) is 0 Å². The molecule has 0 fully saturated rings. The highest BCUT2D eigenvalue weighted by Gasteiger charge is 2.11. The summed E-state index contributed by atoms with van der Waals surface area (Å²) < 4.78 is 1.87. The fourth-order valence-corrected chi connectivity index (χ4v) is 3.16. The second-order valence-corrected chi connectivity index (χ2v) is 6.68. The zero-order valence-electron chi connectivity index (χ0n) is 14.5. The number of anilines is 1. The lowest BCUT2D eigenvalue weighted by Gasteiger charge is -2.09. The van der Waals surface area contributed by atoms with Crippen LogP contribution in [-0.4, -0.2) is 32.2 Å². The van der Waals surface area contributed by atoms with Crippen LogP contribution in [0.1, 0.15) is 22.8 Å². The van der Waals surface area contributed by atoms with Gasteiger partial charge in [-0.2, -0.15) is 0 Å². The molecule has 132 valence electrons. The number of aromatic nitrogens is 3. The maximum absolute atomic E-state index is 12.2. The molecule has 2 aromatic carbocycles. The number of nitrogens with one attached hydrogen (secondary N) is 1. The van der Waals surface area contributed by atoms with Gasteiger partial charge < -0.3 is 5.32 Å². The van der Waals surface area contributed by atoms with Gasteiger partial charge >= 0.3 is 0 Å². The molecule has 0 bridgehead atoms. The second kappa shape index (κ2) is 7.97. The van der Waals surface area contributed by atoms with Gasteiger partial charge in [-0.3, -0.25) is 14.2 Å². The van der Waals surface area contributed by atoms with E-state index in [0.717, 1.165) is 11.3 Å². The lowest BCUT2D eigenvalue weighted by atomic mass is 10.1. The first-order valence-corrected chi connectivity index (χ1v) is 9.03. The van der Waals surface area contributed by atoms with Crippen molar-refractivity contribution in [1.29, 1.82) is 0 Å². The minimum absolute atomic E-state index is 0.00558. The Morgan fingerprint density at radius 3 is 2.54 bits per heavy atom. The highest BCUT2D eigenvalue weighted by atomic mass is 32.2. The van der Waals surface area contributed by atoms with Crippen molar-refractivity contribution in [2.45, 2.75) is 19.0 Å². The summed E-state index contributed by atoms with van der Waals surface area (Å²) >= 11 is 1.32. The number of thioether (sulfide) groups is 1. The highest BCUT2D eigenvalue weighted by molar-refractivity contribution is 7.99. The van der Waals surface area contributed by atoms with Crippen molar-refractivity contribution in [3.63, 3.8) is 0 Å². The Morgan fingerprint density at radius 1 is 1.12 bits per heavy atom. The Hall–Kier alpha value is -2.93. The van der Waals surface area contributed by atoms with Crippen molar-refractivity contribution >= 4 is 29.1 Å². The van der Waals surface area contributed by atoms with E-state index in [1.807, 2.05) is 35.8 Å². The Kier molecular flexibility index (Phi) is 5.48. The summed E-state index contributed by atoms with van der Waals surface area (Å²) in [7, 11) is 0. The van der Waals surface area contributed by atoms with Crippen LogP contribution in [0.3, 0.4) is 0 Å². The summed E-state index contributed by atoms with van der Waals surface area (Å²) in [4.78, 5) is 23.5. The van der Waals surface area contributed by atoms with E-state index in [-0.39, 0.29) is 17.4 Å². The summed E-state index contributed by atoms with van der Waals surface area (Å²) in [5.74, 6) is 0.0536. The first-order chi connectivity index (χ1) is 12.5. The van der Waals surface area contributed by atoms with Gasteiger partial charge in [0.25, 0.3) is 0 Å². The van der Waals surface area contributed by atoms with E-state index in [9.17, 15) is 9.59 Å². The predicted molar refractivity (Wildman–Crippen MR) is 102 cm³/mol. The lowest BCUT2D eigenvalue weighted by Crippen LogP contribution is -2.14. The van der Waals surface area contributed by atoms with Gasteiger partial charge in [0.2, 0.25) is 5.91 Å². The molecule has 0 saturated carbocycles. The minimum atomic E-state index is -0.148. The summed E-state index contributed by atoms with van der Waals surface area (Å²) in [5, 5.41) is 11.5. The number of aryl methyl sites for hydroxylation is 1. The van der Waals surface area contributed by atoms with E-state index >= 15 is 0 Å². The van der Waals surface area contributed by atoms with Crippen molar-refractivity contribution in [1.82, 2.24) is 14.8 Å². The molecule has 1 amide bonds. The molecule has 0 saturated heterocycles. The average molecular weight is 366 g/mol. The summed E-state index contributed by atoms with van der Waals surface area (Å²) in [6, 6.07) is 14.7. The smallest absolute Gasteiger partial charge is 0.234 e. The first-order valence-electron chi connectivity index (χ1n) is 8.04. The minimum Gasteiger partial charge on any atom is -0.325 e. The number of nitrogens with zero attached hydrogens (tertiary/aromatic N) is 3. The summed E-state index contributed by atoms with van der Waals surface area (Å²) in [6.07, 6.45) is 1.64. The van der Waals surface area contributed by atoms with Crippen molar-refractivity contribution in [3.8, 4) is 5.69 Å². The van der Waals surface area contributed by atoms with E-state index in [4.69, 9.17) is 0 Å². The Balaban J connectivity index is 1.63. The van der Waals surface area contributed by atoms with Crippen LogP contribution in [0.25, 0.3) is 5.69 Å². The number of carbonyl (C=O) groups excluding carboxylic acids is 2. The average Bonchev–Trinajstić information content (AvgIpc) is 3.09. The van der Waals surface area contributed by atoms with E-state index in [1.54, 1.807) is 30.6 Å². The molecule has 6 nitrogen and oxygen atoms in total. The molecule has 0 atom stereocenters. The molecule has 0 aliphatic heterocycles. The fraction of sp³-hybridized carbons (Fsp3) is 0.158. The zero-order valence-corrected chi connectivity index (χ0v) is 15.3. The maximum Gasteiger partial charge on any atom is 0.234 e. The molecule has 0 radical (unpaired) electrons. The number of Topliss-reactive ketones (excluding diaryl/α,β-unsaturated/α-hetero) is 1. The summed E-state index contributed by atoms with van der Waals surface area (Å²) in [6.45, 7) is 3.52. The van der Waals surface area contributed by atoms with Crippen LogP contribution in [0.4, 0.5) is 5.69 Å². The fourth-order valence-electron chi connectivity index (χ4n) is 2.44. The summed E-state index contributed by atoms with van der Waals surface area (Å²) in [5.41, 5.74) is 3.36. The van der Waals surface area contributed by atoms with Gasteiger partial charge in [0.1, 0.15) is 6.33 Å². The number of hydrogen-bond acceptors (Lipinski definition) is 5. The number of benzene rings is 2. The molecule has 0 aliphatic carbocycles. The third-order valence-electron chi connectivity index (χ3n) is 3.80. The number of carbonyl (C=O) groups is 2.